The van der Waals surface area contributed by atoms with Crippen molar-refractivity contribution in [2.24, 2.45) is 0 Å². The van der Waals surface area contributed by atoms with E-state index in [1.54, 1.807) is 30.3 Å². The van der Waals surface area contributed by atoms with Crippen LogP contribution in [-0.2, 0) is 29.7 Å². The summed E-state index contributed by atoms with van der Waals surface area (Å²) in [6.45, 7) is 3.63. The number of sulfonamides is 1. The van der Waals surface area contributed by atoms with E-state index in [4.69, 9.17) is 4.42 Å². The summed E-state index contributed by atoms with van der Waals surface area (Å²) in [6, 6.07) is 3.43. The molecule has 1 aliphatic heterocycles. The Labute approximate surface area is 140 Å². The summed E-state index contributed by atoms with van der Waals surface area (Å²) in [7, 11) is -3.30. The second kappa shape index (κ2) is 6.40. The van der Waals surface area contributed by atoms with E-state index in [1.165, 1.54) is 0 Å². The monoisotopic (exact) mass is 352 g/mol. The van der Waals surface area contributed by atoms with Crippen LogP contribution < -0.4 is 4.72 Å². The summed E-state index contributed by atoms with van der Waals surface area (Å²) < 4.78 is 32.4. The third-order valence-electron chi connectivity index (χ3n) is 3.94. The van der Waals surface area contributed by atoms with E-state index >= 15 is 0 Å². The van der Waals surface area contributed by atoms with Crippen LogP contribution in [0.2, 0.25) is 0 Å². The minimum absolute atomic E-state index is 0.114. The molecule has 0 radical (unpaired) electrons. The van der Waals surface area contributed by atoms with Crippen molar-refractivity contribution >= 4 is 15.9 Å². The van der Waals surface area contributed by atoms with E-state index in [-0.39, 0.29) is 12.5 Å². The Morgan fingerprint density at radius 2 is 2.17 bits per heavy atom. The number of nitrogens with zero attached hydrogens (tertiary/aromatic N) is 3. The minimum Gasteiger partial charge on any atom is -0.456 e. The summed E-state index contributed by atoms with van der Waals surface area (Å²) in [5, 5.41) is 0. The molecule has 0 spiro atoms. The molecule has 1 amide bonds. The van der Waals surface area contributed by atoms with E-state index in [0.29, 0.717) is 30.3 Å². The van der Waals surface area contributed by atoms with Gasteiger partial charge in [0.15, 0.2) is 5.76 Å². The van der Waals surface area contributed by atoms with E-state index < -0.39 is 10.0 Å². The van der Waals surface area contributed by atoms with Gasteiger partial charge in [0.1, 0.15) is 5.76 Å². The lowest BCUT2D eigenvalue weighted by atomic mass is 10.2. The van der Waals surface area contributed by atoms with E-state index in [1.807, 2.05) is 4.57 Å². The van der Waals surface area contributed by atoms with Gasteiger partial charge in [-0.1, -0.05) is 0 Å². The largest absolute Gasteiger partial charge is 0.456 e. The van der Waals surface area contributed by atoms with Crippen LogP contribution in [0.3, 0.4) is 0 Å². The van der Waals surface area contributed by atoms with Crippen molar-refractivity contribution in [1.29, 1.82) is 0 Å². The number of carbonyl (C=O) groups is 1. The van der Waals surface area contributed by atoms with Crippen LogP contribution in [0.1, 0.15) is 34.1 Å². The summed E-state index contributed by atoms with van der Waals surface area (Å²) in [4.78, 5) is 18.6. The lowest BCUT2D eigenvalue weighted by Gasteiger charge is -2.19. The van der Waals surface area contributed by atoms with Gasteiger partial charge in [-0.3, -0.25) is 4.79 Å². The number of aryl methyl sites for hydroxylation is 2. The number of fused-ring (bicyclic) bond motifs is 1. The molecule has 1 aliphatic rings. The molecule has 2 aromatic rings. The molecule has 8 nitrogen and oxygen atoms in total. The van der Waals surface area contributed by atoms with Crippen LogP contribution in [0.5, 0.6) is 0 Å². The van der Waals surface area contributed by atoms with Crippen molar-refractivity contribution in [2.45, 2.75) is 33.0 Å². The van der Waals surface area contributed by atoms with Crippen LogP contribution in [0, 0.1) is 6.92 Å². The Morgan fingerprint density at radius 3 is 2.83 bits per heavy atom. The Hall–Kier alpha value is -2.13. The number of rotatable bonds is 4. The molecule has 0 bridgehead atoms. The van der Waals surface area contributed by atoms with Gasteiger partial charge in [-0.2, -0.15) is 0 Å². The lowest BCUT2D eigenvalue weighted by molar-refractivity contribution is 0.0711. The van der Waals surface area contributed by atoms with Gasteiger partial charge in [0.2, 0.25) is 10.0 Å². The van der Waals surface area contributed by atoms with Gasteiger partial charge in [0.05, 0.1) is 37.1 Å². The highest BCUT2D eigenvalue weighted by Gasteiger charge is 2.25. The molecule has 3 heterocycles. The summed E-state index contributed by atoms with van der Waals surface area (Å²) in [5.74, 6) is 0.840. The standard InChI is InChI=1S/C15H20N4O4S/c1-11-4-5-14(23-11)15(20)18-6-3-7-19-10-16-12(13(19)9-18)8-17-24(2,21)22/h4-5,10,17H,3,6-9H2,1-2H3. The first kappa shape index (κ1) is 16.7. The molecule has 24 heavy (non-hydrogen) atoms. The number of hydrogen-bond acceptors (Lipinski definition) is 5. The maximum Gasteiger partial charge on any atom is 0.289 e. The molecule has 2 aromatic heterocycles. The Balaban J connectivity index is 1.81. The highest BCUT2D eigenvalue weighted by Crippen LogP contribution is 2.19. The van der Waals surface area contributed by atoms with E-state index in [9.17, 15) is 13.2 Å². The van der Waals surface area contributed by atoms with E-state index in [2.05, 4.69) is 9.71 Å². The van der Waals surface area contributed by atoms with Crippen LogP contribution in [0.15, 0.2) is 22.9 Å². The highest BCUT2D eigenvalue weighted by atomic mass is 32.2. The molecule has 1 N–H and O–H groups in total. The summed E-state index contributed by atoms with van der Waals surface area (Å²) in [5.41, 5.74) is 1.48. The van der Waals surface area contributed by atoms with Gasteiger partial charge in [0.25, 0.3) is 5.91 Å². The maximum atomic E-state index is 12.6. The lowest BCUT2D eigenvalue weighted by Crippen LogP contribution is -2.31. The molecule has 0 unspecified atom stereocenters. The smallest absolute Gasteiger partial charge is 0.289 e. The average Bonchev–Trinajstić information content (AvgIpc) is 3.04. The predicted octanol–water partition coefficient (Wildman–Crippen LogP) is 0.880. The zero-order valence-corrected chi connectivity index (χ0v) is 14.5. The second-order valence-corrected chi connectivity index (χ2v) is 7.75. The normalized spacial score (nSPS) is 15.2. The van der Waals surface area contributed by atoms with Crippen molar-refractivity contribution in [2.75, 3.05) is 12.8 Å². The van der Waals surface area contributed by atoms with Gasteiger partial charge in [0, 0.05) is 13.1 Å². The average molecular weight is 352 g/mol. The van der Waals surface area contributed by atoms with Crippen molar-refractivity contribution < 1.29 is 17.6 Å². The Kier molecular flexibility index (Phi) is 4.46. The van der Waals surface area contributed by atoms with Crippen LogP contribution >= 0.6 is 0 Å². The third kappa shape index (κ3) is 3.68. The van der Waals surface area contributed by atoms with Crippen LogP contribution in [0.25, 0.3) is 0 Å². The van der Waals surface area contributed by atoms with Crippen molar-refractivity contribution in [3.8, 4) is 0 Å². The van der Waals surface area contributed by atoms with Crippen molar-refractivity contribution in [3.05, 3.63) is 41.4 Å². The molecule has 130 valence electrons. The fraction of sp³-hybridized carbons (Fsp3) is 0.467. The molecule has 0 fully saturated rings. The maximum absolute atomic E-state index is 12.6. The van der Waals surface area contributed by atoms with Gasteiger partial charge in [-0.15, -0.1) is 0 Å². The molecule has 9 heteroatoms. The summed E-state index contributed by atoms with van der Waals surface area (Å²) in [6.07, 6.45) is 3.60. The first-order valence-electron chi connectivity index (χ1n) is 7.67. The molecule has 0 aromatic carbocycles. The zero-order chi connectivity index (χ0) is 17.3. The highest BCUT2D eigenvalue weighted by molar-refractivity contribution is 7.88. The predicted molar refractivity (Wildman–Crippen MR) is 86.7 cm³/mol. The quantitative estimate of drug-likeness (QED) is 0.881. The Bertz CT molecular complexity index is 853. The van der Waals surface area contributed by atoms with Crippen LogP contribution in [-0.4, -0.2) is 41.6 Å². The van der Waals surface area contributed by atoms with Gasteiger partial charge >= 0.3 is 0 Å². The molecule has 3 rings (SSSR count). The fourth-order valence-corrected chi connectivity index (χ4v) is 3.14. The third-order valence-corrected chi connectivity index (χ3v) is 4.61. The minimum atomic E-state index is -3.30. The van der Waals surface area contributed by atoms with Crippen molar-refractivity contribution in [3.63, 3.8) is 0 Å². The van der Waals surface area contributed by atoms with Gasteiger partial charge < -0.3 is 13.9 Å². The molecule has 0 saturated heterocycles. The molecular formula is C15H20N4O4S. The number of carbonyl (C=O) groups excluding carboxylic acids is 1. The molecule has 0 atom stereocenters. The first-order valence-corrected chi connectivity index (χ1v) is 9.56. The number of hydrogen-bond donors (Lipinski definition) is 1. The molecule has 0 aliphatic carbocycles. The van der Waals surface area contributed by atoms with Crippen molar-refractivity contribution in [1.82, 2.24) is 19.2 Å². The second-order valence-electron chi connectivity index (χ2n) is 5.92. The number of furan rings is 1. The molecule has 0 saturated carbocycles. The number of nitrogens with one attached hydrogen (secondary N) is 1. The zero-order valence-electron chi connectivity index (χ0n) is 13.7. The fourth-order valence-electron chi connectivity index (χ4n) is 2.74. The molecular weight excluding hydrogens is 332 g/mol. The first-order chi connectivity index (χ1) is 11.3. The van der Waals surface area contributed by atoms with Gasteiger partial charge in [-0.05, 0) is 25.5 Å². The van der Waals surface area contributed by atoms with E-state index in [0.717, 1.165) is 24.9 Å². The number of aromatic nitrogens is 2. The summed E-state index contributed by atoms with van der Waals surface area (Å²) >= 11 is 0. The SMILES string of the molecule is Cc1ccc(C(=O)N2CCCn3cnc(CNS(C)(=O)=O)c3C2)o1. The number of amides is 1. The number of imidazole rings is 1. The van der Waals surface area contributed by atoms with Gasteiger partial charge in [-0.25, -0.2) is 18.1 Å². The topological polar surface area (TPSA) is 97.4 Å². The Morgan fingerprint density at radius 1 is 1.38 bits per heavy atom. The van der Waals surface area contributed by atoms with Crippen LogP contribution in [0.4, 0.5) is 0 Å².